The molecule has 18 heavy (non-hydrogen) atoms. The smallest absolute Gasteiger partial charge is 0.0951 e. The molecule has 0 radical (unpaired) electrons. The number of imidazole rings is 1. The van der Waals surface area contributed by atoms with Crippen molar-refractivity contribution in [2.24, 2.45) is 0 Å². The molecule has 0 spiro atoms. The van der Waals surface area contributed by atoms with Crippen molar-refractivity contribution in [2.45, 2.75) is 63.8 Å². The largest absolute Gasteiger partial charge is 0.375 e. The molecule has 1 aromatic heterocycles. The second kappa shape index (κ2) is 4.67. The maximum atomic E-state index is 5.75. The van der Waals surface area contributed by atoms with Crippen LogP contribution in [0.2, 0.25) is 0 Å². The molecule has 0 aromatic carbocycles. The van der Waals surface area contributed by atoms with Crippen LogP contribution in [0.25, 0.3) is 0 Å². The molecule has 0 bridgehead atoms. The lowest BCUT2D eigenvalue weighted by molar-refractivity contribution is -0.0631. The van der Waals surface area contributed by atoms with E-state index in [-0.39, 0.29) is 5.60 Å². The molecule has 1 saturated carbocycles. The SMILES string of the molecule is CC1(C)CC(NCc2cncn2C2CC2)CCO1. The Morgan fingerprint density at radius 3 is 3.00 bits per heavy atom. The Hall–Kier alpha value is -0.870. The Morgan fingerprint density at radius 1 is 1.44 bits per heavy atom. The van der Waals surface area contributed by atoms with Crippen LogP contribution in [0.15, 0.2) is 12.5 Å². The molecular weight excluding hydrogens is 226 g/mol. The van der Waals surface area contributed by atoms with Crippen LogP contribution in [0.3, 0.4) is 0 Å². The van der Waals surface area contributed by atoms with E-state index < -0.39 is 0 Å². The van der Waals surface area contributed by atoms with Gasteiger partial charge >= 0.3 is 0 Å². The van der Waals surface area contributed by atoms with Crippen molar-refractivity contribution >= 4 is 0 Å². The minimum Gasteiger partial charge on any atom is -0.375 e. The zero-order valence-electron chi connectivity index (χ0n) is 11.4. The molecule has 1 unspecified atom stereocenters. The van der Waals surface area contributed by atoms with E-state index in [9.17, 15) is 0 Å². The monoisotopic (exact) mass is 249 g/mol. The third-order valence-electron chi connectivity index (χ3n) is 3.96. The molecule has 4 heteroatoms. The van der Waals surface area contributed by atoms with Gasteiger partial charge in [0.15, 0.2) is 0 Å². The molecule has 1 atom stereocenters. The lowest BCUT2D eigenvalue weighted by Crippen LogP contribution is -2.43. The highest BCUT2D eigenvalue weighted by Crippen LogP contribution is 2.35. The summed E-state index contributed by atoms with van der Waals surface area (Å²) in [5.74, 6) is 0. The number of aromatic nitrogens is 2. The predicted octanol–water partition coefficient (Wildman–Crippen LogP) is 2.27. The fourth-order valence-electron chi connectivity index (χ4n) is 2.81. The highest BCUT2D eigenvalue weighted by atomic mass is 16.5. The summed E-state index contributed by atoms with van der Waals surface area (Å²) in [6, 6.07) is 1.28. The first-order valence-corrected chi connectivity index (χ1v) is 7.02. The van der Waals surface area contributed by atoms with Gasteiger partial charge in [-0.3, -0.25) is 0 Å². The third kappa shape index (κ3) is 2.75. The van der Waals surface area contributed by atoms with E-state index >= 15 is 0 Å². The van der Waals surface area contributed by atoms with Gasteiger partial charge in [-0.15, -0.1) is 0 Å². The molecule has 2 heterocycles. The molecule has 0 amide bonds. The lowest BCUT2D eigenvalue weighted by Gasteiger charge is -2.36. The molecule has 1 aliphatic carbocycles. The van der Waals surface area contributed by atoms with E-state index in [0.29, 0.717) is 6.04 Å². The number of rotatable bonds is 4. The van der Waals surface area contributed by atoms with E-state index in [1.54, 1.807) is 0 Å². The predicted molar refractivity (Wildman–Crippen MR) is 70.4 cm³/mol. The Labute approximate surface area is 109 Å². The zero-order valence-corrected chi connectivity index (χ0v) is 11.4. The molecular formula is C14H23N3O. The van der Waals surface area contributed by atoms with E-state index in [0.717, 1.165) is 32.0 Å². The van der Waals surface area contributed by atoms with Gasteiger partial charge in [0.2, 0.25) is 0 Å². The molecule has 3 rings (SSSR count). The minimum absolute atomic E-state index is 0.0205. The van der Waals surface area contributed by atoms with Gasteiger partial charge in [0.25, 0.3) is 0 Å². The summed E-state index contributed by atoms with van der Waals surface area (Å²) in [5.41, 5.74) is 1.34. The van der Waals surface area contributed by atoms with Crippen LogP contribution < -0.4 is 5.32 Å². The summed E-state index contributed by atoms with van der Waals surface area (Å²) >= 11 is 0. The fraction of sp³-hybridized carbons (Fsp3) is 0.786. The second-order valence-electron chi connectivity index (χ2n) is 6.20. The first-order valence-electron chi connectivity index (χ1n) is 7.02. The van der Waals surface area contributed by atoms with Gasteiger partial charge in [-0.25, -0.2) is 4.98 Å². The minimum atomic E-state index is 0.0205. The topological polar surface area (TPSA) is 39.1 Å². The normalized spacial score (nSPS) is 27.3. The van der Waals surface area contributed by atoms with Crippen molar-refractivity contribution in [2.75, 3.05) is 6.61 Å². The van der Waals surface area contributed by atoms with Crippen molar-refractivity contribution < 1.29 is 4.74 Å². The van der Waals surface area contributed by atoms with Crippen LogP contribution in [0.1, 0.15) is 51.3 Å². The summed E-state index contributed by atoms with van der Waals surface area (Å²) in [6.45, 7) is 6.15. The summed E-state index contributed by atoms with van der Waals surface area (Å²) in [7, 11) is 0. The molecule has 100 valence electrons. The Kier molecular flexibility index (Phi) is 3.16. The van der Waals surface area contributed by atoms with Crippen LogP contribution in [0.4, 0.5) is 0 Å². The van der Waals surface area contributed by atoms with Crippen LogP contribution in [0.5, 0.6) is 0 Å². The average Bonchev–Trinajstić information content (AvgIpc) is 3.05. The van der Waals surface area contributed by atoms with Gasteiger partial charge in [-0.2, -0.15) is 0 Å². The van der Waals surface area contributed by atoms with Crippen LogP contribution in [-0.4, -0.2) is 27.8 Å². The Morgan fingerprint density at radius 2 is 2.28 bits per heavy atom. The standard InChI is InChI=1S/C14H23N3O/c1-14(2)7-11(5-6-18-14)16-9-13-8-15-10-17(13)12-3-4-12/h8,10-12,16H,3-7,9H2,1-2H3. The molecule has 1 aliphatic heterocycles. The Balaban J connectivity index is 1.55. The van der Waals surface area contributed by atoms with Gasteiger partial charge in [-0.05, 0) is 39.5 Å². The summed E-state index contributed by atoms with van der Waals surface area (Å²) < 4.78 is 8.08. The van der Waals surface area contributed by atoms with E-state index in [1.165, 1.54) is 18.5 Å². The van der Waals surface area contributed by atoms with Gasteiger partial charge in [0, 0.05) is 31.4 Å². The molecule has 1 aromatic rings. The number of nitrogens with zero attached hydrogens (tertiary/aromatic N) is 2. The molecule has 1 N–H and O–H groups in total. The first kappa shape index (κ1) is 12.2. The maximum absolute atomic E-state index is 5.75. The number of hydrogen-bond donors (Lipinski definition) is 1. The van der Waals surface area contributed by atoms with Gasteiger partial charge < -0.3 is 14.6 Å². The number of hydrogen-bond acceptors (Lipinski definition) is 3. The highest BCUT2D eigenvalue weighted by molar-refractivity contribution is 5.03. The summed E-state index contributed by atoms with van der Waals surface area (Å²) in [6.07, 6.45) is 8.80. The number of ether oxygens (including phenoxy) is 1. The maximum Gasteiger partial charge on any atom is 0.0951 e. The first-order chi connectivity index (χ1) is 8.64. The van der Waals surface area contributed by atoms with E-state index in [4.69, 9.17) is 4.74 Å². The average molecular weight is 249 g/mol. The van der Waals surface area contributed by atoms with Crippen molar-refractivity contribution in [1.29, 1.82) is 0 Å². The molecule has 2 fully saturated rings. The van der Waals surface area contributed by atoms with Gasteiger partial charge in [0.05, 0.1) is 17.6 Å². The molecule has 4 nitrogen and oxygen atoms in total. The van der Waals surface area contributed by atoms with Crippen LogP contribution in [0, 0.1) is 0 Å². The molecule has 2 aliphatic rings. The summed E-state index contributed by atoms with van der Waals surface area (Å²) in [5, 5.41) is 3.66. The second-order valence-corrected chi connectivity index (χ2v) is 6.20. The summed E-state index contributed by atoms with van der Waals surface area (Å²) in [4.78, 5) is 4.27. The van der Waals surface area contributed by atoms with Gasteiger partial charge in [0.1, 0.15) is 0 Å². The lowest BCUT2D eigenvalue weighted by atomic mass is 9.94. The third-order valence-corrected chi connectivity index (χ3v) is 3.96. The zero-order chi connectivity index (χ0) is 12.6. The van der Waals surface area contributed by atoms with E-state index in [2.05, 4.69) is 28.7 Å². The highest BCUT2D eigenvalue weighted by Gasteiger charge is 2.29. The van der Waals surface area contributed by atoms with Crippen molar-refractivity contribution in [3.05, 3.63) is 18.2 Å². The fourth-order valence-corrected chi connectivity index (χ4v) is 2.81. The van der Waals surface area contributed by atoms with Gasteiger partial charge in [-0.1, -0.05) is 0 Å². The quantitative estimate of drug-likeness (QED) is 0.889. The van der Waals surface area contributed by atoms with Crippen molar-refractivity contribution in [3.8, 4) is 0 Å². The van der Waals surface area contributed by atoms with Crippen LogP contribution in [-0.2, 0) is 11.3 Å². The van der Waals surface area contributed by atoms with Crippen LogP contribution >= 0.6 is 0 Å². The van der Waals surface area contributed by atoms with Crippen molar-refractivity contribution in [1.82, 2.24) is 14.9 Å². The van der Waals surface area contributed by atoms with Crippen molar-refractivity contribution in [3.63, 3.8) is 0 Å². The number of nitrogens with one attached hydrogen (secondary N) is 1. The molecule has 1 saturated heterocycles. The Bertz CT molecular complexity index is 409. The van der Waals surface area contributed by atoms with E-state index in [1.807, 2.05) is 12.5 Å².